The molecule has 0 bridgehead atoms. The minimum Gasteiger partial charge on any atom is -0.357 e. The summed E-state index contributed by atoms with van der Waals surface area (Å²) in [6.07, 6.45) is 1.58. The van der Waals surface area contributed by atoms with Crippen LogP contribution in [0.4, 0.5) is 0 Å². The van der Waals surface area contributed by atoms with Gasteiger partial charge in [0, 0.05) is 25.0 Å². The fraction of sp³-hybridized carbons (Fsp3) is 0.364. The minimum atomic E-state index is -0.490. The summed E-state index contributed by atoms with van der Waals surface area (Å²) in [5.74, 6) is -0.170. The molecule has 0 aliphatic heterocycles. The van der Waals surface area contributed by atoms with Crippen molar-refractivity contribution in [2.45, 2.75) is 45.7 Å². The first kappa shape index (κ1) is 21.0. The van der Waals surface area contributed by atoms with Gasteiger partial charge in [-0.1, -0.05) is 60.5 Å². The molecule has 5 heteroatoms. The van der Waals surface area contributed by atoms with Crippen molar-refractivity contribution >= 4 is 23.4 Å². The number of hydrogen-bond donors (Lipinski definition) is 1. The summed E-state index contributed by atoms with van der Waals surface area (Å²) in [6, 6.07) is 15.1. The number of amides is 2. The van der Waals surface area contributed by atoms with E-state index in [9.17, 15) is 9.59 Å². The van der Waals surface area contributed by atoms with E-state index in [0.29, 0.717) is 30.8 Å². The molecule has 2 amide bonds. The lowest BCUT2D eigenvalue weighted by Crippen LogP contribution is -2.48. The Morgan fingerprint density at radius 1 is 1.04 bits per heavy atom. The van der Waals surface area contributed by atoms with E-state index in [4.69, 9.17) is 11.6 Å². The molecule has 2 aromatic rings. The van der Waals surface area contributed by atoms with Crippen molar-refractivity contribution in [2.75, 3.05) is 7.05 Å². The third-order valence-corrected chi connectivity index (χ3v) is 4.90. The highest BCUT2D eigenvalue weighted by atomic mass is 35.5. The number of likely N-dealkylation sites (N-methyl/N-ethyl adjacent to an activating group) is 1. The van der Waals surface area contributed by atoms with E-state index >= 15 is 0 Å². The Balaban J connectivity index is 2.15. The van der Waals surface area contributed by atoms with E-state index in [1.54, 1.807) is 24.1 Å². The van der Waals surface area contributed by atoms with E-state index in [2.05, 4.69) is 5.32 Å². The summed E-state index contributed by atoms with van der Waals surface area (Å²) >= 11 is 5.96. The number of carbonyl (C=O) groups excluding carboxylic acids is 2. The molecule has 2 rings (SSSR count). The summed E-state index contributed by atoms with van der Waals surface area (Å²) < 4.78 is 0. The predicted octanol–water partition coefficient (Wildman–Crippen LogP) is 4.13. The zero-order valence-electron chi connectivity index (χ0n) is 16.2. The van der Waals surface area contributed by atoms with Crippen LogP contribution in [0.3, 0.4) is 0 Å². The Bertz CT molecular complexity index is 757. The van der Waals surface area contributed by atoms with Crippen LogP contribution in [0.5, 0.6) is 0 Å². The van der Waals surface area contributed by atoms with Gasteiger partial charge in [-0.3, -0.25) is 9.59 Å². The molecule has 4 nitrogen and oxygen atoms in total. The average molecular weight is 387 g/mol. The van der Waals surface area contributed by atoms with Crippen LogP contribution >= 0.6 is 11.6 Å². The number of aryl methyl sites for hydroxylation is 2. The van der Waals surface area contributed by atoms with E-state index in [-0.39, 0.29) is 11.8 Å². The van der Waals surface area contributed by atoms with Gasteiger partial charge in [0.2, 0.25) is 11.8 Å². The summed E-state index contributed by atoms with van der Waals surface area (Å²) in [5, 5.41) is 3.32. The molecule has 144 valence electrons. The molecule has 0 aliphatic rings. The lowest BCUT2D eigenvalue weighted by Gasteiger charge is -2.30. The van der Waals surface area contributed by atoms with Gasteiger partial charge in [0.15, 0.2) is 0 Å². The van der Waals surface area contributed by atoms with Crippen LogP contribution in [-0.2, 0) is 22.6 Å². The predicted molar refractivity (Wildman–Crippen MR) is 110 cm³/mol. The van der Waals surface area contributed by atoms with Crippen LogP contribution in [-0.4, -0.2) is 29.8 Å². The van der Waals surface area contributed by atoms with Gasteiger partial charge in [-0.15, -0.1) is 0 Å². The monoisotopic (exact) mass is 386 g/mol. The zero-order chi connectivity index (χ0) is 19.8. The molecule has 1 N–H and O–H groups in total. The zero-order valence-corrected chi connectivity index (χ0v) is 16.9. The number of hydrogen-bond acceptors (Lipinski definition) is 2. The smallest absolute Gasteiger partial charge is 0.242 e. The number of nitrogens with zero attached hydrogens (tertiary/aromatic N) is 1. The molecule has 0 saturated heterocycles. The second kappa shape index (κ2) is 10.1. The van der Waals surface area contributed by atoms with E-state index in [1.807, 2.05) is 50.2 Å². The molecule has 2 aromatic carbocycles. The molecular formula is C22H27ClN2O2. The molecule has 0 saturated carbocycles. The summed E-state index contributed by atoms with van der Waals surface area (Å²) in [4.78, 5) is 27.0. The molecule has 0 radical (unpaired) electrons. The van der Waals surface area contributed by atoms with E-state index in [0.717, 1.165) is 11.1 Å². The molecule has 0 spiro atoms. The van der Waals surface area contributed by atoms with Crippen LogP contribution in [0, 0.1) is 6.92 Å². The largest absolute Gasteiger partial charge is 0.357 e. The van der Waals surface area contributed by atoms with Crippen LogP contribution in [0.15, 0.2) is 48.5 Å². The van der Waals surface area contributed by atoms with Crippen molar-refractivity contribution in [3.63, 3.8) is 0 Å². The molecule has 27 heavy (non-hydrogen) atoms. The van der Waals surface area contributed by atoms with Crippen LogP contribution in [0.25, 0.3) is 0 Å². The summed E-state index contributed by atoms with van der Waals surface area (Å²) in [6.45, 7) is 4.34. The Labute approximate surface area is 166 Å². The molecule has 1 atom stereocenters. The maximum Gasteiger partial charge on any atom is 0.242 e. The molecule has 0 fully saturated rings. The first-order valence-corrected chi connectivity index (χ1v) is 9.63. The third-order valence-electron chi connectivity index (χ3n) is 4.65. The second-order valence-corrected chi connectivity index (χ2v) is 7.11. The van der Waals surface area contributed by atoms with Crippen LogP contribution in [0.1, 0.15) is 36.5 Å². The van der Waals surface area contributed by atoms with Gasteiger partial charge in [0.05, 0.1) is 0 Å². The Morgan fingerprint density at radius 3 is 2.19 bits per heavy atom. The van der Waals surface area contributed by atoms with Crippen molar-refractivity contribution in [2.24, 2.45) is 0 Å². The third kappa shape index (κ3) is 6.10. The quantitative estimate of drug-likeness (QED) is 0.741. The van der Waals surface area contributed by atoms with Gasteiger partial charge in [-0.25, -0.2) is 0 Å². The van der Waals surface area contributed by atoms with Gasteiger partial charge in [0.1, 0.15) is 6.04 Å². The number of nitrogens with one attached hydrogen (secondary N) is 1. The maximum absolute atomic E-state index is 13.0. The SMILES string of the molecule is CC[C@@H](C(=O)NC)N(Cc1ccc(Cl)cc1)C(=O)CCc1ccc(C)cc1. The minimum absolute atomic E-state index is 0.0269. The van der Waals surface area contributed by atoms with Crippen molar-refractivity contribution in [1.82, 2.24) is 10.2 Å². The van der Waals surface area contributed by atoms with Crippen molar-refractivity contribution in [1.29, 1.82) is 0 Å². The normalized spacial score (nSPS) is 11.7. The number of benzene rings is 2. The Morgan fingerprint density at radius 2 is 1.63 bits per heavy atom. The molecule has 0 heterocycles. The van der Waals surface area contributed by atoms with E-state index < -0.39 is 6.04 Å². The first-order valence-electron chi connectivity index (χ1n) is 9.25. The molecule has 0 aromatic heterocycles. The van der Waals surface area contributed by atoms with Gasteiger partial charge >= 0.3 is 0 Å². The lowest BCUT2D eigenvalue weighted by molar-refractivity contribution is -0.141. The Kier molecular flexibility index (Phi) is 7.86. The second-order valence-electron chi connectivity index (χ2n) is 6.67. The van der Waals surface area contributed by atoms with Crippen LogP contribution < -0.4 is 5.32 Å². The molecular weight excluding hydrogens is 360 g/mol. The Hall–Kier alpha value is -2.33. The fourth-order valence-corrected chi connectivity index (χ4v) is 3.15. The highest BCUT2D eigenvalue weighted by molar-refractivity contribution is 6.30. The fourth-order valence-electron chi connectivity index (χ4n) is 3.02. The van der Waals surface area contributed by atoms with Gasteiger partial charge < -0.3 is 10.2 Å². The number of carbonyl (C=O) groups is 2. The maximum atomic E-state index is 13.0. The average Bonchev–Trinajstić information content (AvgIpc) is 2.68. The highest BCUT2D eigenvalue weighted by Crippen LogP contribution is 2.17. The molecule has 0 unspecified atom stereocenters. The standard InChI is InChI=1S/C22H27ClN2O2/c1-4-20(22(27)24-3)25(15-18-9-12-19(23)13-10-18)21(26)14-11-17-7-5-16(2)6-8-17/h5-10,12-13,20H,4,11,14-15H2,1-3H3,(H,24,27)/t20-/m0/s1. The van der Waals surface area contributed by atoms with E-state index in [1.165, 1.54) is 5.56 Å². The van der Waals surface area contributed by atoms with Gasteiger partial charge in [-0.2, -0.15) is 0 Å². The van der Waals surface area contributed by atoms with Crippen LogP contribution in [0.2, 0.25) is 5.02 Å². The van der Waals surface area contributed by atoms with Crippen molar-refractivity contribution in [3.05, 3.63) is 70.2 Å². The first-order chi connectivity index (χ1) is 12.9. The topological polar surface area (TPSA) is 49.4 Å². The van der Waals surface area contributed by atoms with Gasteiger partial charge in [0.25, 0.3) is 0 Å². The van der Waals surface area contributed by atoms with Gasteiger partial charge in [-0.05, 0) is 43.0 Å². The number of halogens is 1. The molecule has 0 aliphatic carbocycles. The lowest BCUT2D eigenvalue weighted by atomic mass is 10.1. The summed E-state index contributed by atoms with van der Waals surface area (Å²) in [5.41, 5.74) is 3.26. The number of rotatable bonds is 8. The summed E-state index contributed by atoms with van der Waals surface area (Å²) in [7, 11) is 1.60. The van der Waals surface area contributed by atoms with Crippen molar-refractivity contribution in [3.8, 4) is 0 Å². The highest BCUT2D eigenvalue weighted by Gasteiger charge is 2.27. The van der Waals surface area contributed by atoms with Crippen molar-refractivity contribution < 1.29 is 9.59 Å².